The first kappa shape index (κ1) is 14.5. The Balaban J connectivity index is 2.65. The molecule has 0 aliphatic heterocycles. The van der Waals surface area contributed by atoms with Crippen molar-refractivity contribution in [3.8, 4) is 0 Å². The van der Waals surface area contributed by atoms with E-state index in [4.69, 9.17) is 0 Å². The molecule has 17 heavy (non-hydrogen) atoms. The van der Waals surface area contributed by atoms with E-state index < -0.39 is 11.0 Å². The normalized spacial score (nSPS) is 14.2. The smallest absolute Gasteiger partial charge is 0.144 e. The van der Waals surface area contributed by atoms with Crippen molar-refractivity contribution in [3.05, 3.63) is 34.1 Å². The van der Waals surface area contributed by atoms with Gasteiger partial charge in [-0.2, -0.15) is 4.40 Å². The number of halogens is 2. The van der Waals surface area contributed by atoms with E-state index in [1.807, 2.05) is 20.8 Å². The SMILES string of the molecule is CC(C)(C)S(=O)N=CCc1ccc(F)c(Br)c1. The number of nitrogens with zero attached hydrogens (tertiary/aromatic N) is 1. The molecule has 5 heteroatoms. The molecule has 2 nitrogen and oxygen atoms in total. The molecule has 0 spiro atoms. The minimum Gasteiger partial charge on any atom is -0.234 e. The number of hydrogen-bond donors (Lipinski definition) is 0. The number of rotatable bonds is 3. The van der Waals surface area contributed by atoms with Crippen LogP contribution in [0.1, 0.15) is 26.3 Å². The summed E-state index contributed by atoms with van der Waals surface area (Å²) in [4.78, 5) is 0. The highest BCUT2D eigenvalue weighted by Gasteiger charge is 2.17. The maximum Gasteiger partial charge on any atom is 0.144 e. The van der Waals surface area contributed by atoms with Crippen LogP contribution in [-0.2, 0) is 17.4 Å². The van der Waals surface area contributed by atoms with Gasteiger partial charge in [0.15, 0.2) is 0 Å². The number of benzene rings is 1. The van der Waals surface area contributed by atoms with Crippen LogP contribution in [-0.4, -0.2) is 15.2 Å². The molecule has 0 aromatic heterocycles. The van der Waals surface area contributed by atoms with Gasteiger partial charge >= 0.3 is 0 Å². The van der Waals surface area contributed by atoms with E-state index in [1.54, 1.807) is 18.3 Å². The van der Waals surface area contributed by atoms with E-state index >= 15 is 0 Å². The summed E-state index contributed by atoms with van der Waals surface area (Å²) < 4.78 is 28.7. The van der Waals surface area contributed by atoms with Crippen molar-refractivity contribution in [2.45, 2.75) is 31.9 Å². The predicted octanol–water partition coefficient (Wildman–Crippen LogP) is 3.66. The fourth-order valence-corrected chi connectivity index (χ4v) is 1.99. The average Bonchev–Trinajstić information content (AvgIpc) is 2.22. The lowest BCUT2D eigenvalue weighted by molar-refractivity contribution is 0.620. The van der Waals surface area contributed by atoms with Gasteiger partial charge in [-0.05, 0) is 54.4 Å². The van der Waals surface area contributed by atoms with Gasteiger partial charge in [0, 0.05) is 12.6 Å². The number of hydrogen-bond acceptors (Lipinski definition) is 1. The van der Waals surface area contributed by atoms with Crippen molar-refractivity contribution in [1.29, 1.82) is 0 Å². The maximum absolute atomic E-state index is 13.0. The Morgan fingerprint density at radius 1 is 1.47 bits per heavy atom. The van der Waals surface area contributed by atoms with Crippen LogP contribution >= 0.6 is 15.9 Å². The standard InChI is InChI=1S/C12H15BrFNOS/c1-12(2,3)17(16)15-7-6-9-4-5-11(14)10(13)8-9/h4-5,7-8H,6H2,1-3H3. The Hall–Kier alpha value is -0.550. The molecule has 0 amide bonds. The third-order valence-corrected chi connectivity index (χ3v) is 4.00. The molecule has 1 atom stereocenters. The highest BCUT2D eigenvalue weighted by atomic mass is 79.9. The zero-order chi connectivity index (χ0) is 13.1. The molecule has 0 saturated carbocycles. The van der Waals surface area contributed by atoms with Crippen molar-refractivity contribution in [3.63, 3.8) is 0 Å². The summed E-state index contributed by atoms with van der Waals surface area (Å²) in [5, 5.41) is 0. The largest absolute Gasteiger partial charge is 0.234 e. The van der Waals surface area contributed by atoms with E-state index in [9.17, 15) is 8.60 Å². The minimum atomic E-state index is -1.24. The first-order valence-electron chi connectivity index (χ1n) is 5.19. The second-order valence-corrected chi connectivity index (χ2v) is 7.39. The summed E-state index contributed by atoms with van der Waals surface area (Å²) in [5.74, 6) is -0.288. The van der Waals surface area contributed by atoms with Gasteiger partial charge in [0.05, 0.1) is 9.22 Å². The summed E-state index contributed by atoms with van der Waals surface area (Å²) in [7, 11) is -1.24. The van der Waals surface area contributed by atoms with Crippen molar-refractivity contribution < 1.29 is 8.60 Å². The third-order valence-electron chi connectivity index (χ3n) is 2.01. The zero-order valence-electron chi connectivity index (χ0n) is 10.0. The van der Waals surface area contributed by atoms with Crippen molar-refractivity contribution in [2.24, 2.45) is 4.40 Å². The minimum absolute atomic E-state index is 0.288. The second-order valence-electron chi connectivity index (χ2n) is 4.60. The molecule has 0 heterocycles. The second kappa shape index (κ2) is 5.87. The molecule has 1 rings (SSSR count). The summed E-state index contributed by atoms with van der Waals surface area (Å²) in [6, 6.07) is 4.78. The maximum atomic E-state index is 13.0. The van der Waals surface area contributed by atoms with Crippen LogP contribution in [0.15, 0.2) is 27.1 Å². The molecule has 0 aliphatic carbocycles. The molecule has 0 radical (unpaired) electrons. The van der Waals surface area contributed by atoms with Gasteiger partial charge in [-0.3, -0.25) is 0 Å². The fraction of sp³-hybridized carbons (Fsp3) is 0.417. The van der Waals surface area contributed by atoms with Gasteiger partial charge in [0.2, 0.25) is 0 Å². The molecule has 1 aromatic carbocycles. The zero-order valence-corrected chi connectivity index (χ0v) is 12.4. The quantitative estimate of drug-likeness (QED) is 0.782. The molecule has 94 valence electrons. The van der Waals surface area contributed by atoms with E-state index in [-0.39, 0.29) is 10.6 Å². The van der Waals surface area contributed by atoms with Crippen LogP contribution in [0.5, 0.6) is 0 Å². The molecular formula is C12H15BrFNOS. The molecule has 0 aliphatic rings. The van der Waals surface area contributed by atoms with E-state index in [0.29, 0.717) is 10.9 Å². The van der Waals surface area contributed by atoms with E-state index in [1.165, 1.54) is 6.07 Å². The molecular weight excluding hydrogens is 305 g/mol. The van der Waals surface area contributed by atoms with Crippen molar-refractivity contribution in [2.75, 3.05) is 0 Å². The Labute approximate surface area is 112 Å². The van der Waals surface area contributed by atoms with Crippen LogP contribution in [0.25, 0.3) is 0 Å². The topological polar surface area (TPSA) is 29.4 Å². The Morgan fingerprint density at radius 2 is 2.12 bits per heavy atom. The Morgan fingerprint density at radius 3 is 2.65 bits per heavy atom. The van der Waals surface area contributed by atoms with Gasteiger partial charge in [0.1, 0.15) is 16.8 Å². The van der Waals surface area contributed by atoms with Crippen LogP contribution in [0, 0.1) is 5.82 Å². The Kier molecular flexibility index (Phi) is 5.01. The lowest BCUT2D eigenvalue weighted by atomic mass is 10.2. The molecule has 1 aromatic rings. The van der Waals surface area contributed by atoms with Gasteiger partial charge in [-0.15, -0.1) is 0 Å². The van der Waals surface area contributed by atoms with Gasteiger partial charge in [-0.25, -0.2) is 8.60 Å². The molecule has 0 N–H and O–H groups in total. The van der Waals surface area contributed by atoms with Gasteiger partial charge in [-0.1, -0.05) is 6.07 Å². The highest BCUT2D eigenvalue weighted by molar-refractivity contribution is 9.10. The molecule has 0 bridgehead atoms. The lowest BCUT2D eigenvalue weighted by Crippen LogP contribution is -2.19. The van der Waals surface area contributed by atoms with Gasteiger partial charge in [0.25, 0.3) is 0 Å². The summed E-state index contributed by atoms with van der Waals surface area (Å²) >= 11 is 3.12. The van der Waals surface area contributed by atoms with Crippen LogP contribution in [0.2, 0.25) is 0 Å². The lowest BCUT2D eigenvalue weighted by Gasteiger charge is -2.12. The van der Waals surface area contributed by atoms with E-state index in [2.05, 4.69) is 20.3 Å². The van der Waals surface area contributed by atoms with Crippen LogP contribution in [0.3, 0.4) is 0 Å². The summed E-state index contributed by atoms with van der Waals surface area (Å²) in [6.07, 6.45) is 2.15. The highest BCUT2D eigenvalue weighted by Crippen LogP contribution is 2.17. The summed E-state index contributed by atoms with van der Waals surface area (Å²) in [5.41, 5.74) is 0.924. The monoisotopic (exact) mass is 319 g/mol. The van der Waals surface area contributed by atoms with Crippen molar-refractivity contribution >= 4 is 33.1 Å². The van der Waals surface area contributed by atoms with Crippen LogP contribution < -0.4 is 0 Å². The predicted molar refractivity (Wildman–Crippen MR) is 74.2 cm³/mol. The van der Waals surface area contributed by atoms with Crippen LogP contribution in [0.4, 0.5) is 4.39 Å². The van der Waals surface area contributed by atoms with Crippen molar-refractivity contribution in [1.82, 2.24) is 0 Å². The molecule has 0 saturated heterocycles. The summed E-state index contributed by atoms with van der Waals surface area (Å²) in [6.45, 7) is 5.61. The first-order valence-corrected chi connectivity index (χ1v) is 7.09. The van der Waals surface area contributed by atoms with Gasteiger partial charge < -0.3 is 0 Å². The molecule has 0 fully saturated rings. The van der Waals surface area contributed by atoms with E-state index in [0.717, 1.165) is 5.56 Å². The molecule has 1 unspecified atom stereocenters. The fourth-order valence-electron chi connectivity index (χ4n) is 1.04. The Bertz CT molecular complexity index is 454. The first-order chi connectivity index (χ1) is 7.80. The average molecular weight is 320 g/mol. The third kappa shape index (κ3) is 4.68.